The van der Waals surface area contributed by atoms with Gasteiger partial charge < -0.3 is 10.1 Å². The van der Waals surface area contributed by atoms with E-state index in [4.69, 9.17) is 4.74 Å². The SMILES string of the molecule is COc1cc([N+](=O)[O-])ccc1S(=O)(=O)NC1CNCCC1C. The Morgan fingerprint density at radius 1 is 1.45 bits per heavy atom. The van der Waals surface area contributed by atoms with Gasteiger partial charge in [0, 0.05) is 18.7 Å². The fourth-order valence-corrected chi connectivity index (χ4v) is 3.90. The normalized spacial score (nSPS) is 22.3. The monoisotopic (exact) mass is 329 g/mol. The van der Waals surface area contributed by atoms with Crippen LogP contribution >= 0.6 is 0 Å². The second-order valence-corrected chi connectivity index (χ2v) is 6.97. The third-order valence-corrected chi connectivity index (χ3v) is 5.31. The average molecular weight is 329 g/mol. The van der Waals surface area contributed by atoms with Crippen LogP contribution in [0.4, 0.5) is 5.69 Å². The highest BCUT2D eigenvalue weighted by Gasteiger charge is 2.29. The molecule has 1 saturated heterocycles. The highest BCUT2D eigenvalue weighted by Crippen LogP contribution is 2.29. The second kappa shape index (κ2) is 6.59. The van der Waals surface area contributed by atoms with Gasteiger partial charge in [-0.3, -0.25) is 10.1 Å². The summed E-state index contributed by atoms with van der Waals surface area (Å²) in [5, 5.41) is 13.9. The maximum atomic E-state index is 12.5. The van der Waals surface area contributed by atoms with Gasteiger partial charge in [0.1, 0.15) is 10.6 Å². The summed E-state index contributed by atoms with van der Waals surface area (Å²) in [6.45, 7) is 3.40. The summed E-state index contributed by atoms with van der Waals surface area (Å²) in [4.78, 5) is 10.1. The van der Waals surface area contributed by atoms with Gasteiger partial charge in [0.2, 0.25) is 10.0 Å². The number of rotatable bonds is 5. The molecular weight excluding hydrogens is 310 g/mol. The number of nitro benzene ring substituents is 1. The number of ether oxygens (including phenoxy) is 1. The van der Waals surface area contributed by atoms with Crippen molar-refractivity contribution >= 4 is 15.7 Å². The lowest BCUT2D eigenvalue weighted by molar-refractivity contribution is -0.385. The van der Waals surface area contributed by atoms with Crippen molar-refractivity contribution in [2.75, 3.05) is 20.2 Å². The Morgan fingerprint density at radius 2 is 2.18 bits per heavy atom. The number of hydrogen-bond donors (Lipinski definition) is 2. The molecule has 0 aliphatic carbocycles. The topological polar surface area (TPSA) is 111 Å². The molecule has 0 bridgehead atoms. The third-order valence-electron chi connectivity index (χ3n) is 3.78. The van der Waals surface area contributed by atoms with Crippen LogP contribution in [-0.2, 0) is 10.0 Å². The molecule has 8 nitrogen and oxygen atoms in total. The minimum absolute atomic E-state index is 0.0434. The van der Waals surface area contributed by atoms with Gasteiger partial charge in [0.25, 0.3) is 5.69 Å². The molecule has 1 aliphatic heterocycles. The van der Waals surface area contributed by atoms with Crippen molar-refractivity contribution in [1.82, 2.24) is 10.0 Å². The zero-order valence-electron chi connectivity index (χ0n) is 12.4. The fraction of sp³-hybridized carbons (Fsp3) is 0.538. The molecular formula is C13H19N3O5S. The van der Waals surface area contributed by atoms with E-state index in [-0.39, 0.29) is 28.3 Å². The molecule has 2 rings (SSSR count). The Morgan fingerprint density at radius 3 is 2.77 bits per heavy atom. The lowest BCUT2D eigenvalue weighted by Gasteiger charge is -2.30. The van der Waals surface area contributed by atoms with Crippen molar-refractivity contribution in [3.05, 3.63) is 28.3 Å². The highest BCUT2D eigenvalue weighted by atomic mass is 32.2. The number of benzene rings is 1. The van der Waals surface area contributed by atoms with Crippen molar-refractivity contribution in [1.29, 1.82) is 0 Å². The molecule has 1 aromatic rings. The van der Waals surface area contributed by atoms with Crippen LogP contribution in [-0.4, -0.2) is 39.6 Å². The van der Waals surface area contributed by atoms with E-state index in [1.807, 2.05) is 6.92 Å². The van der Waals surface area contributed by atoms with Crippen molar-refractivity contribution in [2.24, 2.45) is 5.92 Å². The molecule has 0 saturated carbocycles. The molecule has 0 spiro atoms. The number of nitro groups is 1. The van der Waals surface area contributed by atoms with E-state index in [9.17, 15) is 18.5 Å². The molecule has 0 aromatic heterocycles. The first-order valence-corrected chi connectivity index (χ1v) is 8.39. The van der Waals surface area contributed by atoms with Gasteiger partial charge in [-0.05, 0) is 24.9 Å². The summed E-state index contributed by atoms with van der Waals surface area (Å²) < 4.78 is 32.7. The number of nitrogens with one attached hydrogen (secondary N) is 2. The van der Waals surface area contributed by atoms with Crippen molar-refractivity contribution in [3.63, 3.8) is 0 Å². The Bertz CT molecular complexity index is 662. The van der Waals surface area contributed by atoms with Gasteiger partial charge in [0.05, 0.1) is 18.1 Å². The quantitative estimate of drug-likeness (QED) is 0.613. The van der Waals surface area contributed by atoms with Gasteiger partial charge in [0.15, 0.2) is 0 Å². The fourth-order valence-electron chi connectivity index (χ4n) is 2.40. The van der Waals surface area contributed by atoms with Crippen LogP contribution < -0.4 is 14.8 Å². The van der Waals surface area contributed by atoms with Crippen LogP contribution in [0.3, 0.4) is 0 Å². The number of piperidine rings is 1. The standard InChI is InChI=1S/C13H19N3O5S/c1-9-5-6-14-8-11(9)15-22(19,20)13-4-3-10(16(17)18)7-12(13)21-2/h3-4,7,9,11,14-15H,5-6,8H2,1-2H3. The van der Waals surface area contributed by atoms with Crippen LogP contribution in [0.25, 0.3) is 0 Å². The van der Waals surface area contributed by atoms with Gasteiger partial charge in [-0.15, -0.1) is 0 Å². The van der Waals surface area contributed by atoms with E-state index in [1.54, 1.807) is 0 Å². The Hall–Kier alpha value is -1.71. The minimum Gasteiger partial charge on any atom is -0.495 e. The van der Waals surface area contributed by atoms with Gasteiger partial charge in [-0.25, -0.2) is 13.1 Å². The highest BCUT2D eigenvalue weighted by molar-refractivity contribution is 7.89. The summed E-state index contributed by atoms with van der Waals surface area (Å²) in [6, 6.07) is 3.23. The largest absolute Gasteiger partial charge is 0.495 e. The van der Waals surface area contributed by atoms with E-state index in [0.717, 1.165) is 25.1 Å². The van der Waals surface area contributed by atoms with Crippen LogP contribution in [0.2, 0.25) is 0 Å². The van der Waals surface area contributed by atoms with E-state index < -0.39 is 14.9 Å². The summed E-state index contributed by atoms with van der Waals surface area (Å²) in [7, 11) is -2.54. The zero-order valence-corrected chi connectivity index (χ0v) is 13.2. The van der Waals surface area contributed by atoms with Gasteiger partial charge >= 0.3 is 0 Å². The average Bonchev–Trinajstić information content (AvgIpc) is 2.48. The first-order chi connectivity index (χ1) is 10.3. The molecule has 2 unspecified atom stereocenters. The van der Waals surface area contributed by atoms with Crippen molar-refractivity contribution < 1.29 is 18.1 Å². The van der Waals surface area contributed by atoms with E-state index in [0.29, 0.717) is 6.54 Å². The predicted molar refractivity (Wildman–Crippen MR) is 80.4 cm³/mol. The smallest absolute Gasteiger partial charge is 0.273 e. The summed E-state index contributed by atoms with van der Waals surface area (Å²) in [6.07, 6.45) is 0.880. The molecule has 1 heterocycles. The molecule has 1 aromatic carbocycles. The van der Waals surface area contributed by atoms with Gasteiger partial charge in [-0.2, -0.15) is 0 Å². The van der Waals surface area contributed by atoms with Crippen molar-refractivity contribution in [3.8, 4) is 5.75 Å². The summed E-state index contributed by atoms with van der Waals surface area (Å²) >= 11 is 0. The molecule has 0 radical (unpaired) electrons. The number of sulfonamides is 1. The predicted octanol–water partition coefficient (Wildman–Crippen LogP) is 0.880. The summed E-state index contributed by atoms with van der Waals surface area (Å²) in [5.41, 5.74) is -0.219. The molecule has 122 valence electrons. The molecule has 2 N–H and O–H groups in total. The summed E-state index contributed by atoms with van der Waals surface area (Å²) in [5.74, 6) is 0.165. The van der Waals surface area contributed by atoms with Crippen molar-refractivity contribution in [2.45, 2.75) is 24.3 Å². The molecule has 1 aliphatic rings. The van der Waals surface area contributed by atoms with E-state index >= 15 is 0 Å². The van der Waals surface area contributed by atoms with Crippen LogP contribution in [0.15, 0.2) is 23.1 Å². The maximum Gasteiger partial charge on any atom is 0.273 e. The lowest BCUT2D eigenvalue weighted by Crippen LogP contribution is -2.50. The molecule has 22 heavy (non-hydrogen) atoms. The third kappa shape index (κ3) is 3.54. The number of non-ortho nitro benzene ring substituents is 1. The molecule has 2 atom stereocenters. The van der Waals surface area contributed by atoms with Gasteiger partial charge in [-0.1, -0.05) is 6.92 Å². The Labute approximate surface area is 129 Å². The second-order valence-electron chi connectivity index (χ2n) is 5.29. The first kappa shape index (κ1) is 16.7. The van der Waals surface area contributed by atoms with Crippen LogP contribution in [0.1, 0.15) is 13.3 Å². The minimum atomic E-state index is -3.82. The van der Waals surface area contributed by atoms with Crippen LogP contribution in [0.5, 0.6) is 5.75 Å². The van der Waals surface area contributed by atoms with E-state index in [1.165, 1.54) is 13.2 Å². The molecule has 0 amide bonds. The lowest BCUT2D eigenvalue weighted by atomic mass is 9.96. The molecule has 1 fully saturated rings. The first-order valence-electron chi connectivity index (χ1n) is 6.90. The number of methoxy groups -OCH3 is 1. The van der Waals surface area contributed by atoms with Crippen LogP contribution in [0, 0.1) is 16.0 Å². The maximum absolute atomic E-state index is 12.5. The Balaban J connectivity index is 2.30. The zero-order chi connectivity index (χ0) is 16.3. The Kier molecular flexibility index (Phi) is 4.99. The number of nitrogens with zero attached hydrogens (tertiary/aromatic N) is 1. The van der Waals surface area contributed by atoms with E-state index in [2.05, 4.69) is 10.0 Å². The number of hydrogen-bond acceptors (Lipinski definition) is 6. The molecule has 9 heteroatoms.